The number of nitro groups is 2. The van der Waals surface area contributed by atoms with Crippen LogP contribution in [0.3, 0.4) is 0 Å². The van der Waals surface area contributed by atoms with E-state index in [0.717, 1.165) is 0 Å². The van der Waals surface area contributed by atoms with Gasteiger partial charge >= 0.3 is 11.9 Å². The molecule has 184 valence electrons. The number of esters is 2. The van der Waals surface area contributed by atoms with Crippen LogP contribution in [0, 0.1) is 20.2 Å². The Hall–Kier alpha value is -5.58. The molecule has 4 aromatic rings. The maximum Gasteiger partial charge on any atom is 0.343 e. The maximum absolute atomic E-state index is 12.2. The predicted molar refractivity (Wildman–Crippen MR) is 129 cm³/mol. The Morgan fingerprint density at radius 1 is 0.486 bits per heavy atom. The van der Waals surface area contributed by atoms with Crippen molar-refractivity contribution in [3.63, 3.8) is 0 Å². The van der Waals surface area contributed by atoms with Gasteiger partial charge in [0.15, 0.2) is 0 Å². The van der Waals surface area contributed by atoms with E-state index in [2.05, 4.69) is 0 Å². The summed E-state index contributed by atoms with van der Waals surface area (Å²) in [6.45, 7) is 0. The van der Waals surface area contributed by atoms with Gasteiger partial charge in [0.1, 0.15) is 23.0 Å². The van der Waals surface area contributed by atoms with Gasteiger partial charge in [0.05, 0.1) is 21.0 Å². The fourth-order valence-corrected chi connectivity index (χ4v) is 3.06. The largest absolute Gasteiger partial charge is 0.457 e. The minimum Gasteiger partial charge on any atom is -0.457 e. The molecule has 0 heterocycles. The molecule has 11 nitrogen and oxygen atoms in total. The Bertz CT molecular complexity index is 1340. The fraction of sp³-hybridized carbons (Fsp3) is 0. The quantitative estimate of drug-likeness (QED) is 0.128. The van der Waals surface area contributed by atoms with Gasteiger partial charge < -0.3 is 14.2 Å². The third-order valence-electron chi connectivity index (χ3n) is 4.93. The van der Waals surface area contributed by atoms with Gasteiger partial charge in [-0.1, -0.05) is 0 Å². The number of non-ortho nitro benzene ring substituents is 2. The van der Waals surface area contributed by atoms with Crippen LogP contribution >= 0.6 is 0 Å². The number of hydrogen-bond donors (Lipinski definition) is 0. The summed E-state index contributed by atoms with van der Waals surface area (Å²) in [5, 5.41) is 21.4. The number of nitrogens with zero attached hydrogens (tertiary/aromatic N) is 2. The zero-order chi connectivity index (χ0) is 26.4. The average molecular weight is 500 g/mol. The van der Waals surface area contributed by atoms with E-state index >= 15 is 0 Å². The molecule has 0 N–H and O–H groups in total. The molecule has 4 aromatic carbocycles. The second-order valence-electron chi connectivity index (χ2n) is 7.43. The molecule has 37 heavy (non-hydrogen) atoms. The van der Waals surface area contributed by atoms with Crippen molar-refractivity contribution in [2.75, 3.05) is 0 Å². The Balaban J connectivity index is 1.32. The summed E-state index contributed by atoms with van der Waals surface area (Å²) in [5.74, 6) is 0.0785. The number of nitro benzene ring substituents is 2. The van der Waals surface area contributed by atoms with Gasteiger partial charge in [-0.2, -0.15) is 0 Å². The predicted octanol–water partition coefficient (Wildman–Crippen LogP) is 5.73. The number of hydrogen-bond acceptors (Lipinski definition) is 9. The van der Waals surface area contributed by atoms with Crippen LogP contribution < -0.4 is 14.2 Å². The molecule has 0 atom stereocenters. The van der Waals surface area contributed by atoms with Crippen LogP contribution in [0.5, 0.6) is 23.0 Å². The summed E-state index contributed by atoms with van der Waals surface area (Å²) in [6.07, 6.45) is 0. The van der Waals surface area contributed by atoms with Crippen molar-refractivity contribution in [3.05, 3.63) is 128 Å². The lowest BCUT2D eigenvalue weighted by molar-refractivity contribution is -0.385. The molecule has 0 aliphatic heterocycles. The van der Waals surface area contributed by atoms with Crippen molar-refractivity contribution < 1.29 is 33.6 Å². The lowest BCUT2D eigenvalue weighted by Gasteiger charge is -2.09. The first-order chi connectivity index (χ1) is 17.8. The second kappa shape index (κ2) is 10.8. The van der Waals surface area contributed by atoms with E-state index in [4.69, 9.17) is 14.2 Å². The summed E-state index contributed by atoms with van der Waals surface area (Å²) in [5.41, 5.74) is 0.0723. The van der Waals surface area contributed by atoms with E-state index in [0.29, 0.717) is 11.5 Å². The monoisotopic (exact) mass is 500 g/mol. The molecule has 0 fully saturated rings. The van der Waals surface area contributed by atoms with Gasteiger partial charge in [-0.15, -0.1) is 0 Å². The molecule has 0 amide bonds. The fourth-order valence-electron chi connectivity index (χ4n) is 3.06. The normalized spacial score (nSPS) is 10.3. The molecule has 11 heteroatoms. The number of carbonyl (C=O) groups excluding carboxylic acids is 2. The molecule has 0 aliphatic carbocycles. The van der Waals surface area contributed by atoms with Crippen LogP contribution in [0.4, 0.5) is 11.4 Å². The standard InChI is InChI=1S/C26H16N2O9/c29-25(17-1-5-19(6-2-17)27(31)32)36-23-13-9-21(10-14-23)35-22-11-15-24(16-12-22)37-26(30)18-3-7-20(8-4-18)28(33)34/h1-16H. The number of rotatable bonds is 8. The first kappa shape index (κ1) is 24.5. The molecule has 0 unspecified atom stereocenters. The van der Waals surface area contributed by atoms with Gasteiger partial charge in [0.25, 0.3) is 11.4 Å². The Kier molecular flexibility index (Phi) is 7.15. The van der Waals surface area contributed by atoms with Crippen molar-refractivity contribution in [1.82, 2.24) is 0 Å². The summed E-state index contributed by atoms with van der Waals surface area (Å²) < 4.78 is 16.3. The van der Waals surface area contributed by atoms with E-state index in [1.165, 1.54) is 72.8 Å². The van der Waals surface area contributed by atoms with Crippen LogP contribution in [-0.2, 0) is 0 Å². The van der Waals surface area contributed by atoms with Crippen molar-refractivity contribution in [2.45, 2.75) is 0 Å². The van der Waals surface area contributed by atoms with Crippen LogP contribution in [0.15, 0.2) is 97.1 Å². The zero-order valence-corrected chi connectivity index (χ0v) is 18.8. The third kappa shape index (κ3) is 6.31. The van der Waals surface area contributed by atoms with E-state index in [9.17, 15) is 29.8 Å². The molecule has 0 spiro atoms. The van der Waals surface area contributed by atoms with E-state index < -0.39 is 21.8 Å². The molecule has 0 aromatic heterocycles. The third-order valence-corrected chi connectivity index (χ3v) is 4.93. The van der Waals surface area contributed by atoms with Crippen molar-refractivity contribution in [2.24, 2.45) is 0 Å². The molecule has 4 rings (SSSR count). The minimum atomic E-state index is -0.664. The molecule has 0 radical (unpaired) electrons. The van der Waals surface area contributed by atoms with Gasteiger partial charge in [-0.25, -0.2) is 9.59 Å². The highest BCUT2D eigenvalue weighted by Crippen LogP contribution is 2.26. The maximum atomic E-state index is 12.2. The summed E-state index contributed by atoms with van der Waals surface area (Å²) in [6, 6.07) is 22.6. The lowest BCUT2D eigenvalue weighted by Crippen LogP contribution is -2.08. The summed E-state index contributed by atoms with van der Waals surface area (Å²) in [7, 11) is 0. The van der Waals surface area contributed by atoms with Crippen LogP contribution in [0.2, 0.25) is 0 Å². The molecule has 0 bridgehead atoms. The molecular weight excluding hydrogens is 484 g/mol. The van der Waals surface area contributed by atoms with Gasteiger partial charge in [0.2, 0.25) is 0 Å². The average Bonchev–Trinajstić information content (AvgIpc) is 2.91. The van der Waals surface area contributed by atoms with Gasteiger partial charge in [-0.05, 0) is 72.8 Å². The van der Waals surface area contributed by atoms with E-state index in [-0.39, 0.29) is 34.0 Å². The zero-order valence-electron chi connectivity index (χ0n) is 18.8. The Morgan fingerprint density at radius 3 is 1.08 bits per heavy atom. The first-order valence-electron chi connectivity index (χ1n) is 10.6. The number of carbonyl (C=O) groups is 2. The number of ether oxygens (including phenoxy) is 3. The van der Waals surface area contributed by atoms with Crippen molar-refractivity contribution in [1.29, 1.82) is 0 Å². The van der Waals surface area contributed by atoms with Gasteiger partial charge in [-0.3, -0.25) is 20.2 Å². The lowest BCUT2D eigenvalue weighted by atomic mass is 10.2. The highest BCUT2D eigenvalue weighted by molar-refractivity contribution is 5.91. The van der Waals surface area contributed by atoms with E-state index in [1.54, 1.807) is 24.3 Å². The smallest absolute Gasteiger partial charge is 0.343 e. The van der Waals surface area contributed by atoms with Crippen LogP contribution in [0.25, 0.3) is 0 Å². The topological polar surface area (TPSA) is 148 Å². The van der Waals surface area contributed by atoms with Crippen molar-refractivity contribution >= 4 is 23.3 Å². The van der Waals surface area contributed by atoms with Crippen LogP contribution in [0.1, 0.15) is 20.7 Å². The summed E-state index contributed by atoms with van der Waals surface area (Å²) in [4.78, 5) is 44.8. The number of benzene rings is 4. The molecule has 0 aliphatic rings. The molecule has 0 saturated heterocycles. The van der Waals surface area contributed by atoms with E-state index in [1.807, 2.05) is 0 Å². The second-order valence-corrected chi connectivity index (χ2v) is 7.43. The Labute approximate surface area is 208 Å². The van der Waals surface area contributed by atoms with Gasteiger partial charge in [0, 0.05) is 24.3 Å². The first-order valence-corrected chi connectivity index (χ1v) is 10.6. The highest BCUT2D eigenvalue weighted by Gasteiger charge is 2.13. The van der Waals surface area contributed by atoms with Crippen LogP contribution in [-0.4, -0.2) is 21.8 Å². The summed E-state index contributed by atoms with van der Waals surface area (Å²) >= 11 is 0. The molecular formula is C26H16N2O9. The Morgan fingerprint density at radius 2 is 0.784 bits per heavy atom. The SMILES string of the molecule is O=C(Oc1ccc(Oc2ccc(OC(=O)c3ccc([N+](=O)[O-])cc3)cc2)cc1)c1ccc([N+](=O)[O-])cc1. The van der Waals surface area contributed by atoms with Crippen molar-refractivity contribution in [3.8, 4) is 23.0 Å². The minimum absolute atomic E-state index is 0.131. The highest BCUT2D eigenvalue weighted by atomic mass is 16.6. The molecule has 0 saturated carbocycles.